The van der Waals surface area contributed by atoms with Gasteiger partial charge in [0.05, 0.1) is 11.7 Å². The molecule has 1 unspecified atom stereocenters. The van der Waals surface area contributed by atoms with Crippen molar-refractivity contribution in [3.8, 4) is 5.75 Å². The molecule has 1 heterocycles. The summed E-state index contributed by atoms with van der Waals surface area (Å²) in [5.41, 5.74) is 1.92. The highest BCUT2D eigenvalue weighted by molar-refractivity contribution is 6.30. The molecule has 0 radical (unpaired) electrons. The Morgan fingerprint density at radius 3 is 2.89 bits per heavy atom. The van der Waals surface area contributed by atoms with Crippen LogP contribution in [0.1, 0.15) is 24.9 Å². The Morgan fingerprint density at radius 1 is 1.29 bits per heavy atom. The van der Waals surface area contributed by atoms with Crippen molar-refractivity contribution in [2.75, 3.05) is 31.6 Å². The largest absolute Gasteiger partial charge is 0.482 e. The quantitative estimate of drug-likeness (QED) is 0.443. The summed E-state index contributed by atoms with van der Waals surface area (Å²) in [7, 11) is 1.74. The number of aliphatic imine (C=N–C) groups is 1. The van der Waals surface area contributed by atoms with Crippen molar-refractivity contribution in [3.63, 3.8) is 0 Å². The number of guanidine groups is 1. The van der Waals surface area contributed by atoms with E-state index in [9.17, 15) is 4.79 Å². The molecular weight excluding hydrogens is 376 g/mol. The van der Waals surface area contributed by atoms with E-state index < -0.39 is 0 Å². The average molecular weight is 401 g/mol. The summed E-state index contributed by atoms with van der Waals surface area (Å²) >= 11 is 6.07. The molecule has 0 saturated heterocycles. The maximum atomic E-state index is 12.2. The number of nitrogens with zero attached hydrogens (tertiary/aromatic N) is 2. The number of carbonyl (C=O) groups excluding carboxylic acids is 1. The van der Waals surface area contributed by atoms with Gasteiger partial charge in [0.1, 0.15) is 5.75 Å². The van der Waals surface area contributed by atoms with Crippen molar-refractivity contribution in [1.29, 1.82) is 0 Å². The van der Waals surface area contributed by atoms with Gasteiger partial charge in [-0.25, -0.2) is 0 Å². The van der Waals surface area contributed by atoms with E-state index in [0.717, 1.165) is 23.4 Å². The van der Waals surface area contributed by atoms with E-state index in [4.69, 9.17) is 16.3 Å². The molecule has 0 aromatic heterocycles. The number of rotatable bonds is 6. The molecule has 0 saturated carbocycles. The Kier molecular flexibility index (Phi) is 6.76. The molecule has 148 valence electrons. The molecule has 1 atom stereocenters. The van der Waals surface area contributed by atoms with Gasteiger partial charge in [0, 0.05) is 25.2 Å². The second-order valence-electron chi connectivity index (χ2n) is 6.58. The van der Waals surface area contributed by atoms with E-state index in [2.05, 4.69) is 22.5 Å². The third-order valence-electron chi connectivity index (χ3n) is 4.58. The van der Waals surface area contributed by atoms with Crippen molar-refractivity contribution < 1.29 is 9.53 Å². The molecular formula is C21H25ClN4O2. The van der Waals surface area contributed by atoms with E-state index in [-0.39, 0.29) is 18.6 Å². The Labute approximate surface area is 170 Å². The third kappa shape index (κ3) is 4.95. The molecule has 2 aromatic rings. The van der Waals surface area contributed by atoms with E-state index >= 15 is 0 Å². The lowest BCUT2D eigenvalue weighted by molar-refractivity contribution is -0.121. The summed E-state index contributed by atoms with van der Waals surface area (Å²) in [6, 6.07) is 15.4. The van der Waals surface area contributed by atoms with Crippen LogP contribution in [0.2, 0.25) is 5.02 Å². The second-order valence-corrected chi connectivity index (χ2v) is 7.01. The number of carbonyl (C=O) groups is 1. The van der Waals surface area contributed by atoms with Gasteiger partial charge in [0.2, 0.25) is 0 Å². The molecule has 6 nitrogen and oxygen atoms in total. The van der Waals surface area contributed by atoms with E-state index in [1.807, 2.05) is 48.5 Å². The van der Waals surface area contributed by atoms with Crippen molar-refractivity contribution >= 4 is 29.2 Å². The lowest BCUT2D eigenvalue weighted by Gasteiger charge is -2.29. The topological polar surface area (TPSA) is 66.0 Å². The van der Waals surface area contributed by atoms with Crippen LogP contribution in [-0.4, -0.2) is 38.6 Å². The van der Waals surface area contributed by atoms with Crippen LogP contribution in [0.5, 0.6) is 5.75 Å². The van der Waals surface area contributed by atoms with Crippen LogP contribution in [-0.2, 0) is 4.79 Å². The van der Waals surface area contributed by atoms with Crippen molar-refractivity contribution in [2.24, 2.45) is 4.99 Å². The summed E-state index contributed by atoms with van der Waals surface area (Å²) in [4.78, 5) is 18.3. The molecule has 2 N–H and O–H groups in total. The van der Waals surface area contributed by atoms with Gasteiger partial charge in [-0.3, -0.25) is 9.79 Å². The van der Waals surface area contributed by atoms with Gasteiger partial charge in [0.25, 0.3) is 5.91 Å². The number of para-hydroxylation sites is 2. The van der Waals surface area contributed by atoms with Crippen molar-refractivity contribution in [2.45, 2.75) is 19.4 Å². The van der Waals surface area contributed by atoms with Crippen LogP contribution < -0.4 is 20.3 Å². The van der Waals surface area contributed by atoms with Gasteiger partial charge >= 0.3 is 0 Å². The first-order chi connectivity index (χ1) is 13.6. The van der Waals surface area contributed by atoms with Crippen molar-refractivity contribution in [1.82, 2.24) is 10.6 Å². The molecule has 3 rings (SSSR count). The third-order valence-corrected chi connectivity index (χ3v) is 4.82. The summed E-state index contributed by atoms with van der Waals surface area (Å²) in [5.74, 6) is 1.44. The number of ether oxygens (including phenoxy) is 1. The Hall–Kier alpha value is -2.73. The molecule has 1 aliphatic rings. The Balaban J connectivity index is 1.49. The SMILES string of the molecule is CN=C(NCCCN1C(=O)COc2ccccc21)NC(C)c1cccc(Cl)c1. The average Bonchev–Trinajstić information content (AvgIpc) is 2.71. The molecule has 7 heteroatoms. The van der Waals surface area contributed by atoms with Crippen LogP contribution in [0.3, 0.4) is 0 Å². The Bertz CT molecular complexity index is 856. The van der Waals surface area contributed by atoms with Crippen LogP contribution in [0.15, 0.2) is 53.5 Å². The highest BCUT2D eigenvalue weighted by Gasteiger charge is 2.24. The maximum absolute atomic E-state index is 12.2. The van der Waals surface area contributed by atoms with E-state index in [1.165, 1.54) is 0 Å². The first-order valence-corrected chi connectivity index (χ1v) is 9.71. The van der Waals surface area contributed by atoms with Gasteiger partial charge in [-0.2, -0.15) is 0 Å². The zero-order chi connectivity index (χ0) is 19.9. The zero-order valence-corrected chi connectivity index (χ0v) is 16.9. The molecule has 28 heavy (non-hydrogen) atoms. The fourth-order valence-electron chi connectivity index (χ4n) is 3.10. The predicted molar refractivity (Wildman–Crippen MR) is 113 cm³/mol. The first kappa shape index (κ1) is 20.0. The normalized spacial score (nSPS) is 14.9. The number of hydrogen-bond donors (Lipinski definition) is 2. The minimum absolute atomic E-state index is 0.0178. The summed E-state index contributed by atoms with van der Waals surface area (Å²) in [6.07, 6.45) is 0.784. The number of amides is 1. The number of nitrogens with one attached hydrogen (secondary N) is 2. The molecule has 0 fully saturated rings. The van der Waals surface area contributed by atoms with Gasteiger partial charge < -0.3 is 20.3 Å². The lowest BCUT2D eigenvalue weighted by atomic mass is 10.1. The molecule has 2 aromatic carbocycles. The summed E-state index contributed by atoms with van der Waals surface area (Å²) in [6.45, 7) is 3.45. The highest BCUT2D eigenvalue weighted by atomic mass is 35.5. The molecule has 1 amide bonds. The summed E-state index contributed by atoms with van der Waals surface area (Å²) in [5, 5.41) is 7.37. The van der Waals surface area contributed by atoms with Gasteiger partial charge in [-0.15, -0.1) is 0 Å². The zero-order valence-electron chi connectivity index (χ0n) is 16.1. The number of halogens is 1. The first-order valence-electron chi connectivity index (χ1n) is 9.33. The minimum atomic E-state index is -0.0178. The molecule has 0 bridgehead atoms. The number of fused-ring (bicyclic) bond motifs is 1. The number of benzene rings is 2. The molecule has 0 spiro atoms. The molecule has 1 aliphatic heterocycles. The van der Waals surface area contributed by atoms with Crippen LogP contribution in [0.4, 0.5) is 5.69 Å². The van der Waals surface area contributed by atoms with Crippen LogP contribution in [0.25, 0.3) is 0 Å². The lowest BCUT2D eigenvalue weighted by Crippen LogP contribution is -2.42. The van der Waals surface area contributed by atoms with Gasteiger partial charge in [0.15, 0.2) is 12.6 Å². The van der Waals surface area contributed by atoms with Crippen LogP contribution in [0, 0.1) is 0 Å². The standard InChI is InChI=1S/C21H25ClN4O2/c1-15(16-7-5-8-17(22)13-16)25-21(23-2)24-11-6-12-26-18-9-3-4-10-19(18)28-14-20(26)27/h3-5,7-10,13,15H,6,11-12,14H2,1-2H3,(H2,23,24,25). The van der Waals surface area contributed by atoms with E-state index in [1.54, 1.807) is 11.9 Å². The fourth-order valence-corrected chi connectivity index (χ4v) is 3.30. The van der Waals surface area contributed by atoms with Gasteiger partial charge in [-0.05, 0) is 43.2 Å². The highest BCUT2D eigenvalue weighted by Crippen LogP contribution is 2.31. The maximum Gasteiger partial charge on any atom is 0.265 e. The minimum Gasteiger partial charge on any atom is -0.482 e. The molecule has 0 aliphatic carbocycles. The van der Waals surface area contributed by atoms with Crippen molar-refractivity contribution in [3.05, 3.63) is 59.1 Å². The number of anilines is 1. The van der Waals surface area contributed by atoms with Gasteiger partial charge in [-0.1, -0.05) is 35.9 Å². The van der Waals surface area contributed by atoms with E-state index in [0.29, 0.717) is 24.1 Å². The van der Waals surface area contributed by atoms with Crippen LogP contribution >= 0.6 is 11.6 Å². The predicted octanol–water partition coefficient (Wildman–Crippen LogP) is 3.38. The fraction of sp³-hybridized carbons (Fsp3) is 0.333. The second kappa shape index (κ2) is 9.46. The smallest absolute Gasteiger partial charge is 0.265 e. The number of hydrogen-bond acceptors (Lipinski definition) is 3. The summed E-state index contributed by atoms with van der Waals surface area (Å²) < 4.78 is 5.48. The Morgan fingerprint density at radius 2 is 2.11 bits per heavy atom. The monoisotopic (exact) mass is 400 g/mol.